The molecule has 0 radical (unpaired) electrons. The molecule has 0 aromatic heterocycles. The zero-order valence-corrected chi connectivity index (χ0v) is 16.7. The van der Waals surface area contributed by atoms with E-state index in [0.29, 0.717) is 18.3 Å². The molecule has 6 atom stereocenters. The first-order valence-corrected chi connectivity index (χ1v) is 10.2. The second kappa shape index (κ2) is 5.97. The van der Waals surface area contributed by atoms with Crippen molar-refractivity contribution in [3.8, 4) is 0 Å². The average Bonchev–Trinajstić information content (AvgIpc) is 2.50. The highest BCUT2D eigenvalue weighted by atomic mass is 35.5. The van der Waals surface area contributed by atoms with Gasteiger partial charge in [0.2, 0.25) is 5.91 Å². The fraction of sp³-hybridized carbons (Fsp3) is 0.682. The fourth-order valence-corrected chi connectivity index (χ4v) is 6.68. The summed E-state index contributed by atoms with van der Waals surface area (Å²) in [4.78, 5) is 12.6. The number of alkyl halides is 1. The Kier molecular flexibility index (Phi) is 4.20. The highest BCUT2D eigenvalue weighted by molar-refractivity contribution is 6.24. The van der Waals surface area contributed by atoms with E-state index in [1.165, 1.54) is 0 Å². The van der Waals surface area contributed by atoms with Crippen LogP contribution in [-0.2, 0) is 4.79 Å². The lowest BCUT2D eigenvalue weighted by Crippen LogP contribution is -2.65. The van der Waals surface area contributed by atoms with E-state index in [4.69, 9.17) is 11.6 Å². The maximum atomic E-state index is 12.8. The van der Waals surface area contributed by atoms with E-state index < -0.39 is 11.0 Å². The number of halogens is 1. The van der Waals surface area contributed by atoms with Crippen LogP contribution in [0.3, 0.4) is 0 Å². The average molecular weight is 376 g/mol. The molecule has 4 bridgehead atoms. The predicted molar refractivity (Wildman–Crippen MR) is 104 cm³/mol. The summed E-state index contributed by atoms with van der Waals surface area (Å²) >= 11 is 6.87. The van der Waals surface area contributed by atoms with Crippen molar-refractivity contribution >= 4 is 17.5 Å². The van der Waals surface area contributed by atoms with Crippen LogP contribution in [0.2, 0.25) is 0 Å². The zero-order chi connectivity index (χ0) is 18.7. The van der Waals surface area contributed by atoms with E-state index in [1.54, 1.807) is 0 Å². The molecular formula is C22H30ClNO2. The highest BCUT2D eigenvalue weighted by Gasteiger charge is 2.63. The van der Waals surface area contributed by atoms with Gasteiger partial charge in [-0.15, -0.1) is 11.6 Å². The van der Waals surface area contributed by atoms with Gasteiger partial charge in [-0.1, -0.05) is 51.1 Å². The molecule has 142 valence electrons. The van der Waals surface area contributed by atoms with E-state index in [1.807, 2.05) is 39.0 Å². The molecule has 0 aliphatic heterocycles. The number of carbonyl (C=O) groups is 1. The summed E-state index contributed by atoms with van der Waals surface area (Å²) in [5.74, 6) is 0.948. The SMILES string of the molecule is CC(C)(C)C(=O)N[C@@H](c1ccccc1)[C@H]1C2CC3C[C@](Cl)(C2)C[C@@]1(O)C3. The molecule has 5 rings (SSSR count). The molecule has 4 fully saturated rings. The molecule has 4 aliphatic rings. The number of amides is 1. The Morgan fingerprint density at radius 3 is 2.50 bits per heavy atom. The number of hydrogen-bond acceptors (Lipinski definition) is 2. The molecule has 2 unspecified atom stereocenters. The van der Waals surface area contributed by atoms with Crippen LogP contribution in [-0.4, -0.2) is 21.5 Å². The highest BCUT2D eigenvalue weighted by Crippen LogP contribution is 2.64. The van der Waals surface area contributed by atoms with Crippen molar-refractivity contribution in [1.82, 2.24) is 5.32 Å². The van der Waals surface area contributed by atoms with Gasteiger partial charge >= 0.3 is 0 Å². The van der Waals surface area contributed by atoms with Crippen LogP contribution in [0.5, 0.6) is 0 Å². The van der Waals surface area contributed by atoms with Crippen LogP contribution in [0.1, 0.15) is 64.5 Å². The lowest BCUT2D eigenvalue weighted by molar-refractivity contribution is -0.175. The molecule has 26 heavy (non-hydrogen) atoms. The van der Waals surface area contributed by atoms with Crippen molar-refractivity contribution in [3.05, 3.63) is 35.9 Å². The Morgan fingerprint density at radius 1 is 1.23 bits per heavy atom. The summed E-state index contributed by atoms with van der Waals surface area (Å²) in [6.07, 6.45) is 4.57. The second-order valence-corrected chi connectivity index (χ2v) is 10.8. The molecule has 1 amide bonds. The largest absolute Gasteiger partial charge is 0.389 e. The molecule has 1 aromatic carbocycles. The van der Waals surface area contributed by atoms with Crippen molar-refractivity contribution in [1.29, 1.82) is 0 Å². The third-order valence-electron chi connectivity index (χ3n) is 6.80. The number of aliphatic hydroxyl groups is 1. The first-order valence-electron chi connectivity index (χ1n) is 9.87. The first-order chi connectivity index (χ1) is 12.1. The zero-order valence-electron chi connectivity index (χ0n) is 16.0. The van der Waals surface area contributed by atoms with Crippen molar-refractivity contribution < 1.29 is 9.90 Å². The Morgan fingerprint density at radius 2 is 1.92 bits per heavy atom. The van der Waals surface area contributed by atoms with Gasteiger partial charge in [-0.05, 0) is 49.5 Å². The number of nitrogens with one attached hydrogen (secondary N) is 1. The monoisotopic (exact) mass is 375 g/mol. The van der Waals surface area contributed by atoms with Crippen LogP contribution in [0, 0.1) is 23.2 Å². The minimum atomic E-state index is -0.780. The van der Waals surface area contributed by atoms with Crippen molar-refractivity contribution in [2.24, 2.45) is 23.2 Å². The van der Waals surface area contributed by atoms with Gasteiger partial charge in [-0.3, -0.25) is 4.79 Å². The molecule has 3 nitrogen and oxygen atoms in total. The van der Waals surface area contributed by atoms with E-state index >= 15 is 0 Å². The number of hydrogen-bond donors (Lipinski definition) is 2. The molecule has 1 aromatic rings. The third kappa shape index (κ3) is 3.07. The molecule has 4 saturated carbocycles. The minimum Gasteiger partial charge on any atom is -0.389 e. The van der Waals surface area contributed by atoms with Gasteiger partial charge < -0.3 is 10.4 Å². The van der Waals surface area contributed by atoms with Crippen LogP contribution in [0.4, 0.5) is 0 Å². The van der Waals surface area contributed by atoms with Gasteiger partial charge in [0, 0.05) is 16.2 Å². The molecule has 2 N–H and O–H groups in total. The summed E-state index contributed by atoms with van der Waals surface area (Å²) in [7, 11) is 0. The second-order valence-electron chi connectivity index (χ2n) is 10.0. The van der Waals surface area contributed by atoms with Gasteiger partial charge in [0.1, 0.15) is 0 Å². The summed E-state index contributed by atoms with van der Waals surface area (Å²) in [6.45, 7) is 5.80. The Hall–Kier alpha value is -1.06. The number of rotatable bonds is 3. The number of benzene rings is 1. The quantitative estimate of drug-likeness (QED) is 0.767. The van der Waals surface area contributed by atoms with Crippen molar-refractivity contribution in [2.45, 2.75) is 69.4 Å². The molecule has 0 heterocycles. The molecule has 4 aliphatic carbocycles. The van der Waals surface area contributed by atoms with E-state index in [-0.39, 0.29) is 22.7 Å². The lowest BCUT2D eigenvalue weighted by Gasteiger charge is -2.63. The maximum Gasteiger partial charge on any atom is 0.225 e. The van der Waals surface area contributed by atoms with E-state index in [2.05, 4.69) is 17.4 Å². The molecule has 0 spiro atoms. The molecular weight excluding hydrogens is 346 g/mol. The van der Waals surface area contributed by atoms with Gasteiger partial charge in [-0.2, -0.15) is 0 Å². The summed E-state index contributed by atoms with van der Waals surface area (Å²) in [5, 5.41) is 14.9. The van der Waals surface area contributed by atoms with Gasteiger partial charge in [0.05, 0.1) is 11.6 Å². The van der Waals surface area contributed by atoms with Gasteiger partial charge in [0.15, 0.2) is 0 Å². The van der Waals surface area contributed by atoms with Crippen molar-refractivity contribution in [3.63, 3.8) is 0 Å². The molecule has 4 heteroatoms. The summed E-state index contributed by atoms with van der Waals surface area (Å²) < 4.78 is 0. The normalized spacial score (nSPS) is 39.7. The maximum absolute atomic E-state index is 12.8. The Balaban J connectivity index is 1.71. The van der Waals surface area contributed by atoms with Crippen molar-refractivity contribution in [2.75, 3.05) is 0 Å². The van der Waals surface area contributed by atoms with E-state index in [0.717, 1.165) is 31.2 Å². The summed E-state index contributed by atoms with van der Waals surface area (Å²) in [5.41, 5.74) is -0.160. The van der Waals surface area contributed by atoms with E-state index in [9.17, 15) is 9.90 Å². The topological polar surface area (TPSA) is 49.3 Å². The predicted octanol–water partition coefficient (Wildman–Crippen LogP) is 4.44. The minimum absolute atomic E-state index is 0.0274. The molecule has 0 saturated heterocycles. The van der Waals surface area contributed by atoms with Gasteiger partial charge in [0.25, 0.3) is 0 Å². The van der Waals surface area contributed by atoms with Crippen LogP contribution >= 0.6 is 11.6 Å². The van der Waals surface area contributed by atoms with Crippen LogP contribution in [0.25, 0.3) is 0 Å². The van der Waals surface area contributed by atoms with Crippen LogP contribution in [0.15, 0.2) is 30.3 Å². The first kappa shape index (κ1) is 18.3. The Bertz CT molecular complexity index is 700. The third-order valence-corrected chi connectivity index (χ3v) is 7.24. The smallest absolute Gasteiger partial charge is 0.225 e. The van der Waals surface area contributed by atoms with Crippen LogP contribution < -0.4 is 5.32 Å². The lowest BCUT2D eigenvalue weighted by atomic mass is 9.47. The standard InChI is InChI=1S/C22H30ClNO2/c1-20(2,3)19(25)24-18(15-7-5-4-6-8-15)17-16-9-14-10-21(23,12-16)13-22(17,26)11-14/h4-8,14,16-18,26H,9-13H2,1-3H3,(H,24,25)/t14?,16?,17-,18+,21+,22+/m1/s1. The number of carbonyl (C=O) groups excluding carboxylic acids is 1. The fourth-order valence-electron chi connectivity index (χ4n) is 6.03. The summed E-state index contributed by atoms with van der Waals surface area (Å²) in [6, 6.07) is 9.98. The van der Waals surface area contributed by atoms with Gasteiger partial charge in [-0.25, -0.2) is 0 Å². The Labute approximate surface area is 161 Å².